The van der Waals surface area contributed by atoms with Crippen molar-refractivity contribution < 1.29 is 4.74 Å². The molecule has 0 aliphatic heterocycles. The molecule has 0 aromatic heterocycles. The molecule has 0 unspecified atom stereocenters. The molecule has 0 saturated heterocycles. The van der Waals surface area contributed by atoms with Gasteiger partial charge in [0.05, 0.1) is 0 Å². The van der Waals surface area contributed by atoms with Crippen LogP contribution in [-0.2, 0) is 4.74 Å². The third-order valence-corrected chi connectivity index (χ3v) is 0.553. The summed E-state index contributed by atoms with van der Waals surface area (Å²) in [6, 6.07) is 0. The number of rotatable bonds is 3. The van der Waals surface area contributed by atoms with Crippen molar-refractivity contribution in [2.75, 3.05) is 13.2 Å². The van der Waals surface area contributed by atoms with E-state index in [1.54, 1.807) is 0 Å². The number of hydrogen-bond acceptors (Lipinski definition) is 2. The van der Waals surface area contributed by atoms with Crippen molar-refractivity contribution in [3.05, 3.63) is 0 Å². The van der Waals surface area contributed by atoms with Gasteiger partial charge in [0.25, 0.3) is 0 Å². The van der Waals surface area contributed by atoms with Crippen LogP contribution in [0.1, 0.15) is 20.3 Å². The predicted molar refractivity (Wildman–Crippen MR) is 31.8 cm³/mol. The monoisotopic (exact) mass is 105 g/mol. The van der Waals surface area contributed by atoms with Crippen molar-refractivity contribution >= 4 is 0 Å². The summed E-state index contributed by atoms with van der Waals surface area (Å²) >= 11 is 0. The Morgan fingerprint density at radius 2 is 1.86 bits per heavy atom. The first-order valence-electron chi connectivity index (χ1n) is 2.49. The Morgan fingerprint density at radius 3 is 2.00 bits per heavy atom. The van der Waals surface area contributed by atoms with E-state index in [-0.39, 0.29) is 6.15 Å². The van der Waals surface area contributed by atoms with Gasteiger partial charge in [0, 0.05) is 13.2 Å². The highest BCUT2D eigenvalue weighted by Gasteiger charge is 1.72. The molecule has 0 aliphatic rings. The molecular formula is C5H15NO. The maximum absolute atomic E-state index is 4.98. The summed E-state index contributed by atoms with van der Waals surface area (Å²) < 4.78 is 4.98. The van der Waals surface area contributed by atoms with Crippen LogP contribution >= 0.6 is 0 Å². The smallest absolute Gasteiger partial charge is 0.0463 e. The van der Waals surface area contributed by atoms with Gasteiger partial charge in [0.2, 0.25) is 0 Å². The molecule has 0 amide bonds. The van der Waals surface area contributed by atoms with E-state index < -0.39 is 0 Å². The number of hydrogen-bond donors (Lipinski definition) is 1. The zero-order valence-electron chi connectivity index (χ0n) is 5.24. The molecule has 0 rings (SSSR count). The highest BCUT2D eigenvalue weighted by molar-refractivity contribution is 4.19. The Hall–Kier alpha value is -0.0800. The average molecular weight is 105 g/mol. The van der Waals surface area contributed by atoms with Gasteiger partial charge in [-0.15, -0.1) is 0 Å². The fraction of sp³-hybridized carbons (Fsp3) is 1.00. The largest absolute Gasteiger partial charge is 0.382 e. The quantitative estimate of drug-likeness (QED) is 0.554. The van der Waals surface area contributed by atoms with E-state index in [0.29, 0.717) is 0 Å². The molecule has 0 saturated carbocycles. The van der Waals surface area contributed by atoms with E-state index in [2.05, 4.69) is 6.92 Å². The lowest BCUT2D eigenvalue weighted by atomic mass is 10.5. The van der Waals surface area contributed by atoms with Crippen LogP contribution in [-0.4, -0.2) is 13.2 Å². The summed E-state index contributed by atoms with van der Waals surface area (Å²) in [7, 11) is 0. The summed E-state index contributed by atoms with van der Waals surface area (Å²) in [4.78, 5) is 0. The van der Waals surface area contributed by atoms with Crippen molar-refractivity contribution in [1.82, 2.24) is 6.15 Å². The van der Waals surface area contributed by atoms with Crippen molar-refractivity contribution in [2.24, 2.45) is 0 Å². The zero-order valence-corrected chi connectivity index (χ0v) is 5.24. The summed E-state index contributed by atoms with van der Waals surface area (Å²) in [6.07, 6.45) is 1.13. The van der Waals surface area contributed by atoms with E-state index in [1.165, 1.54) is 0 Å². The zero-order chi connectivity index (χ0) is 4.83. The molecule has 46 valence electrons. The van der Waals surface area contributed by atoms with Crippen LogP contribution in [0.4, 0.5) is 0 Å². The molecular weight excluding hydrogens is 90.1 g/mol. The Morgan fingerprint density at radius 1 is 1.29 bits per heavy atom. The lowest BCUT2D eigenvalue weighted by Gasteiger charge is -1.91. The van der Waals surface area contributed by atoms with Crippen LogP contribution < -0.4 is 6.15 Å². The highest BCUT2D eigenvalue weighted by atomic mass is 16.5. The first kappa shape index (κ1) is 10.0. The third kappa shape index (κ3) is 10.7. The van der Waals surface area contributed by atoms with E-state index in [1.807, 2.05) is 6.92 Å². The molecule has 0 heterocycles. The standard InChI is InChI=1S/C5H12O.H3N/c1-3-5-6-4-2;/h3-5H2,1-2H3;1H3. The minimum absolute atomic E-state index is 0. The van der Waals surface area contributed by atoms with Gasteiger partial charge in [0.1, 0.15) is 0 Å². The van der Waals surface area contributed by atoms with Crippen LogP contribution in [0.3, 0.4) is 0 Å². The van der Waals surface area contributed by atoms with Gasteiger partial charge in [-0.25, -0.2) is 0 Å². The van der Waals surface area contributed by atoms with E-state index in [0.717, 1.165) is 19.6 Å². The maximum Gasteiger partial charge on any atom is 0.0463 e. The Bertz CT molecular complexity index is 20.0. The van der Waals surface area contributed by atoms with Gasteiger partial charge in [-0.2, -0.15) is 0 Å². The van der Waals surface area contributed by atoms with Gasteiger partial charge in [-0.1, -0.05) is 6.92 Å². The van der Waals surface area contributed by atoms with Gasteiger partial charge < -0.3 is 10.9 Å². The molecule has 0 aromatic carbocycles. The SMILES string of the molecule is CCCOCC.N. The summed E-state index contributed by atoms with van der Waals surface area (Å²) in [5.74, 6) is 0. The van der Waals surface area contributed by atoms with Gasteiger partial charge >= 0.3 is 0 Å². The van der Waals surface area contributed by atoms with E-state index in [4.69, 9.17) is 4.74 Å². The molecule has 7 heavy (non-hydrogen) atoms. The highest BCUT2D eigenvalue weighted by Crippen LogP contribution is 1.75. The molecule has 0 aromatic rings. The minimum Gasteiger partial charge on any atom is -0.382 e. The Labute approximate surface area is 45.4 Å². The molecule has 0 aliphatic carbocycles. The molecule has 0 bridgehead atoms. The molecule has 0 atom stereocenters. The summed E-state index contributed by atoms with van der Waals surface area (Å²) in [6.45, 7) is 5.88. The first-order chi connectivity index (χ1) is 2.91. The number of ether oxygens (including phenoxy) is 1. The van der Waals surface area contributed by atoms with Crippen LogP contribution in [0, 0.1) is 0 Å². The van der Waals surface area contributed by atoms with Crippen molar-refractivity contribution in [3.8, 4) is 0 Å². The lowest BCUT2D eigenvalue weighted by Crippen LogP contribution is -1.88. The second-order valence-corrected chi connectivity index (χ2v) is 1.20. The molecule has 0 radical (unpaired) electrons. The summed E-state index contributed by atoms with van der Waals surface area (Å²) in [5, 5.41) is 0. The second-order valence-electron chi connectivity index (χ2n) is 1.20. The molecule has 3 N–H and O–H groups in total. The average Bonchev–Trinajstić information content (AvgIpc) is 1.61. The fourth-order valence-corrected chi connectivity index (χ4v) is 0.289. The first-order valence-corrected chi connectivity index (χ1v) is 2.49. The topological polar surface area (TPSA) is 44.2 Å². The van der Waals surface area contributed by atoms with E-state index >= 15 is 0 Å². The van der Waals surface area contributed by atoms with Gasteiger partial charge in [-0.3, -0.25) is 0 Å². The fourth-order valence-electron chi connectivity index (χ4n) is 0.289. The van der Waals surface area contributed by atoms with E-state index in [9.17, 15) is 0 Å². The van der Waals surface area contributed by atoms with Crippen LogP contribution in [0.25, 0.3) is 0 Å². The molecule has 2 nitrogen and oxygen atoms in total. The normalized spacial score (nSPS) is 7.71. The minimum atomic E-state index is 0. The summed E-state index contributed by atoms with van der Waals surface area (Å²) in [5.41, 5.74) is 0. The molecule has 0 spiro atoms. The van der Waals surface area contributed by atoms with Gasteiger partial charge in [-0.05, 0) is 13.3 Å². The Kier molecular flexibility index (Phi) is 13.3. The van der Waals surface area contributed by atoms with Crippen molar-refractivity contribution in [2.45, 2.75) is 20.3 Å². The second kappa shape index (κ2) is 9.33. The third-order valence-electron chi connectivity index (χ3n) is 0.553. The van der Waals surface area contributed by atoms with Crippen LogP contribution in [0.5, 0.6) is 0 Å². The van der Waals surface area contributed by atoms with Crippen LogP contribution in [0.2, 0.25) is 0 Å². The van der Waals surface area contributed by atoms with Gasteiger partial charge in [0.15, 0.2) is 0 Å². The lowest BCUT2D eigenvalue weighted by molar-refractivity contribution is 0.148. The van der Waals surface area contributed by atoms with Crippen LogP contribution in [0.15, 0.2) is 0 Å². The maximum atomic E-state index is 4.98. The molecule has 0 fully saturated rings. The predicted octanol–water partition coefficient (Wildman–Crippen LogP) is 1.59. The Balaban J connectivity index is 0. The molecule has 2 heteroatoms. The van der Waals surface area contributed by atoms with Crippen molar-refractivity contribution in [3.63, 3.8) is 0 Å². The van der Waals surface area contributed by atoms with Crippen molar-refractivity contribution in [1.29, 1.82) is 0 Å².